The van der Waals surface area contributed by atoms with Crippen molar-refractivity contribution in [3.8, 4) is 0 Å². The van der Waals surface area contributed by atoms with E-state index in [9.17, 15) is 13.2 Å². The van der Waals surface area contributed by atoms with Crippen LogP contribution >= 0.6 is 0 Å². The Hall–Kier alpha value is -1.40. The third-order valence-corrected chi connectivity index (χ3v) is 7.56. The fourth-order valence-electron chi connectivity index (χ4n) is 4.19. The van der Waals surface area contributed by atoms with E-state index in [2.05, 4.69) is 6.92 Å². The van der Waals surface area contributed by atoms with Crippen LogP contribution in [0.3, 0.4) is 0 Å². The Morgan fingerprint density at radius 3 is 2.25 bits per heavy atom. The molecule has 1 aliphatic heterocycles. The van der Waals surface area contributed by atoms with E-state index in [1.807, 2.05) is 38.7 Å². The van der Waals surface area contributed by atoms with Crippen LogP contribution < -0.4 is 4.90 Å². The van der Waals surface area contributed by atoms with Gasteiger partial charge in [-0.1, -0.05) is 34.1 Å². The average molecular weight is 407 g/mol. The molecular formula is C22H34N2O3S. The Morgan fingerprint density at radius 2 is 1.75 bits per heavy atom. The average Bonchev–Trinajstić information content (AvgIpc) is 2.86. The predicted octanol–water partition coefficient (Wildman–Crippen LogP) is 4.07. The van der Waals surface area contributed by atoms with E-state index < -0.39 is 10.0 Å². The van der Waals surface area contributed by atoms with Gasteiger partial charge in [-0.25, -0.2) is 8.42 Å². The summed E-state index contributed by atoms with van der Waals surface area (Å²) in [6.07, 6.45) is 3.79. The summed E-state index contributed by atoms with van der Waals surface area (Å²) in [7, 11) is -3.55. The minimum atomic E-state index is -3.55. The van der Waals surface area contributed by atoms with E-state index in [-0.39, 0.29) is 29.7 Å². The monoisotopic (exact) mass is 406 g/mol. The maximum atomic E-state index is 13.3. The quantitative estimate of drug-likeness (QED) is 0.686. The van der Waals surface area contributed by atoms with E-state index in [0.29, 0.717) is 24.4 Å². The van der Waals surface area contributed by atoms with Crippen molar-refractivity contribution in [3.63, 3.8) is 0 Å². The Labute approximate surface area is 170 Å². The number of carbonyl (C=O) groups is 1. The first-order chi connectivity index (χ1) is 13.1. The highest BCUT2D eigenvalue weighted by Gasteiger charge is 2.38. The molecule has 1 heterocycles. The summed E-state index contributed by atoms with van der Waals surface area (Å²) < 4.78 is 28.2. The van der Waals surface area contributed by atoms with Crippen molar-refractivity contribution in [2.45, 2.75) is 71.2 Å². The van der Waals surface area contributed by atoms with E-state index in [0.717, 1.165) is 30.5 Å². The van der Waals surface area contributed by atoms with Gasteiger partial charge in [0, 0.05) is 30.7 Å². The van der Waals surface area contributed by atoms with Crippen LogP contribution in [0.2, 0.25) is 0 Å². The van der Waals surface area contributed by atoms with Crippen molar-refractivity contribution in [3.05, 3.63) is 23.8 Å². The standard InChI is InChI=1S/C22H34N2O3S/c1-15(2)13-23(14-16(3)4)28(26,27)20-9-10-21-19(12-20)11-17(5)24(21)22(25)18-7-6-8-18/h9-10,12,15-18H,6-8,11,13-14H2,1-5H3/t17-/m1/s1. The molecule has 0 spiro atoms. The fraction of sp³-hybridized carbons (Fsp3) is 0.682. The summed E-state index contributed by atoms with van der Waals surface area (Å²) in [6.45, 7) is 11.2. The zero-order chi connectivity index (χ0) is 20.6. The maximum Gasteiger partial charge on any atom is 0.243 e. The molecule has 0 unspecified atom stereocenters. The van der Waals surface area contributed by atoms with Gasteiger partial charge in [0.2, 0.25) is 15.9 Å². The number of hydrogen-bond acceptors (Lipinski definition) is 3. The van der Waals surface area contributed by atoms with Crippen LogP contribution in [0.4, 0.5) is 5.69 Å². The molecule has 0 bridgehead atoms. The van der Waals surface area contributed by atoms with E-state index in [1.54, 1.807) is 16.4 Å². The second-order valence-corrected chi connectivity index (χ2v) is 11.2. The topological polar surface area (TPSA) is 57.7 Å². The van der Waals surface area contributed by atoms with E-state index in [4.69, 9.17) is 0 Å². The van der Waals surface area contributed by atoms with Gasteiger partial charge >= 0.3 is 0 Å². The Morgan fingerprint density at radius 1 is 1.14 bits per heavy atom. The van der Waals surface area contributed by atoms with Crippen molar-refractivity contribution in [2.24, 2.45) is 17.8 Å². The van der Waals surface area contributed by atoms with Gasteiger partial charge in [-0.05, 0) is 61.8 Å². The highest BCUT2D eigenvalue weighted by Crippen LogP contribution is 2.38. The first-order valence-corrected chi connectivity index (χ1v) is 12.0. The van der Waals surface area contributed by atoms with Crippen molar-refractivity contribution < 1.29 is 13.2 Å². The van der Waals surface area contributed by atoms with Crippen molar-refractivity contribution in [1.82, 2.24) is 4.31 Å². The lowest BCUT2D eigenvalue weighted by Gasteiger charge is -2.32. The molecule has 2 aliphatic rings. The van der Waals surface area contributed by atoms with Gasteiger partial charge in [-0.2, -0.15) is 4.31 Å². The molecule has 1 fully saturated rings. The highest BCUT2D eigenvalue weighted by molar-refractivity contribution is 7.89. The van der Waals surface area contributed by atoms with Crippen LogP contribution in [-0.2, 0) is 21.2 Å². The zero-order valence-electron chi connectivity index (χ0n) is 17.8. The molecule has 1 aliphatic carbocycles. The third-order valence-electron chi connectivity index (χ3n) is 5.73. The van der Waals surface area contributed by atoms with Gasteiger partial charge < -0.3 is 4.90 Å². The molecule has 1 amide bonds. The molecule has 0 radical (unpaired) electrons. The largest absolute Gasteiger partial charge is 0.309 e. The number of amides is 1. The van der Waals surface area contributed by atoms with Crippen molar-refractivity contribution in [2.75, 3.05) is 18.0 Å². The second kappa shape index (κ2) is 8.15. The van der Waals surface area contributed by atoms with Gasteiger partial charge in [-0.15, -0.1) is 0 Å². The maximum absolute atomic E-state index is 13.3. The summed E-state index contributed by atoms with van der Waals surface area (Å²) in [5.41, 5.74) is 1.86. The van der Waals surface area contributed by atoms with Gasteiger partial charge in [-0.3, -0.25) is 4.79 Å². The number of anilines is 1. The van der Waals surface area contributed by atoms with Crippen LogP contribution in [-0.4, -0.2) is 37.8 Å². The van der Waals surface area contributed by atoms with Gasteiger partial charge in [0.05, 0.1) is 4.90 Å². The molecule has 1 aromatic rings. The molecule has 156 valence electrons. The highest BCUT2D eigenvalue weighted by atomic mass is 32.2. The van der Waals surface area contributed by atoms with Crippen LogP contribution in [0.15, 0.2) is 23.1 Å². The van der Waals surface area contributed by atoms with Gasteiger partial charge in [0.1, 0.15) is 0 Å². The molecular weight excluding hydrogens is 372 g/mol. The number of rotatable bonds is 7. The molecule has 1 saturated carbocycles. The molecule has 5 nitrogen and oxygen atoms in total. The SMILES string of the molecule is CC(C)CN(CC(C)C)S(=O)(=O)c1ccc2c(c1)C[C@@H](C)N2C(=O)C1CCC1. The Kier molecular flexibility index (Phi) is 6.20. The summed E-state index contributed by atoms with van der Waals surface area (Å²) in [5, 5.41) is 0. The molecule has 1 atom stereocenters. The van der Waals surface area contributed by atoms with Crippen LogP contribution in [0.5, 0.6) is 0 Å². The Bertz CT molecular complexity index is 818. The number of fused-ring (bicyclic) bond motifs is 1. The minimum Gasteiger partial charge on any atom is -0.309 e. The number of carbonyl (C=O) groups excluding carboxylic acids is 1. The van der Waals surface area contributed by atoms with Crippen molar-refractivity contribution >= 4 is 21.6 Å². The van der Waals surface area contributed by atoms with E-state index in [1.165, 1.54) is 0 Å². The molecule has 1 aromatic carbocycles. The zero-order valence-corrected chi connectivity index (χ0v) is 18.6. The second-order valence-electron chi connectivity index (χ2n) is 9.29. The summed E-state index contributed by atoms with van der Waals surface area (Å²) >= 11 is 0. The predicted molar refractivity (Wildman–Crippen MR) is 113 cm³/mol. The van der Waals surface area contributed by atoms with Crippen molar-refractivity contribution in [1.29, 1.82) is 0 Å². The lowest BCUT2D eigenvalue weighted by molar-refractivity contribution is -0.125. The lowest BCUT2D eigenvalue weighted by atomic mass is 9.84. The molecule has 28 heavy (non-hydrogen) atoms. The molecule has 3 rings (SSSR count). The molecule has 0 N–H and O–H groups in total. The number of benzene rings is 1. The lowest BCUT2D eigenvalue weighted by Crippen LogP contribution is -2.42. The first-order valence-electron chi connectivity index (χ1n) is 10.6. The molecule has 6 heteroatoms. The van der Waals surface area contributed by atoms with Crippen LogP contribution in [0.25, 0.3) is 0 Å². The van der Waals surface area contributed by atoms with E-state index >= 15 is 0 Å². The number of sulfonamides is 1. The Balaban J connectivity index is 1.90. The van der Waals surface area contributed by atoms with Gasteiger partial charge in [0.15, 0.2) is 0 Å². The number of hydrogen-bond donors (Lipinski definition) is 0. The molecule has 0 aromatic heterocycles. The normalized spacial score (nSPS) is 20.1. The van der Waals surface area contributed by atoms with Crippen LogP contribution in [0.1, 0.15) is 59.4 Å². The smallest absolute Gasteiger partial charge is 0.243 e. The third kappa shape index (κ3) is 4.13. The minimum absolute atomic E-state index is 0.0866. The number of nitrogens with zero attached hydrogens (tertiary/aromatic N) is 2. The summed E-state index contributed by atoms with van der Waals surface area (Å²) in [4.78, 5) is 15.1. The first kappa shape index (κ1) is 21.3. The van der Waals surface area contributed by atoms with Gasteiger partial charge in [0.25, 0.3) is 0 Å². The summed E-state index contributed by atoms with van der Waals surface area (Å²) in [5.74, 6) is 0.871. The van der Waals surface area contributed by atoms with Crippen LogP contribution in [0, 0.1) is 17.8 Å². The summed E-state index contributed by atoms with van der Waals surface area (Å²) in [6, 6.07) is 5.40. The fourth-order valence-corrected chi connectivity index (χ4v) is 6.01. The molecule has 0 saturated heterocycles.